The molecule has 0 aliphatic heterocycles. The van der Waals surface area contributed by atoms with Crippen LogP contribution in [0, 0.1) is 11.8 Å². The highest BCUT2D eigenvalue weighted by Gasteiger charge is 2.21. The molecule has 0 fully saturated rings. The minimum Gasteiger partial charge on any atom is -0.465 e. The fourth-order valence-corrected chi connectivity index (χ4v) is 7.61. The highest BCUT2D eigenvalue weighted by Crippen LogP contribution is 2.22. The molecular formula is C47H93NO7. The number of hydrogen-bond acceptors (Lipinski definition) is 8. The van der Waals surface area contributed by atoms with E-state index in [9.17, 15) is 24.9 Å². The molecule has 0 bridgehead atoms. The number of carbonyl (C=O) groups is 2. The second-order valence-corrected chi connectivity index (χ2v) is 16.7. The van der Waals surface area contributed by atoms with Gasteiger partial charge >= 0.3 is 11.9 Å². The Morgan fingerprint density at radius 2 is 0.745 bits per heavy atom. The van der Waals surface area contributed by atoms with Crippen molar-refractivity contribution >= 4 is 11.9 Å². The van der Waals surface area contributed by atoms with E-state index in [2.05, 4.69) is 27.7 Å². The summed E-state index contributed by atoms with van der Waals surface area (Å²) in [5.41, 5.74) is 0. The first-order valence-corrected chi connectivity index (χ1v) is 23.8. The van der Waals surface area contributed by atoms with Crippen molar-refractivity contribution < 1.29 is 34.4 Å². The molecule has 0 heterocycles. The predicted octanol–water partition coefficient (Wildman–Crippen LogP) is 11.5. The first kappa shape index (κ1) is 53.8. The highest BCUT2D eigenvalue weighted by atomic mass is 16.5. The number of aliphatic hydroxyl groups is 3. The number of aliphatic hydroxyl groups excluding tert-OH is 3. The van der Waals surface area contributed by atoms with Gasteiger partial charge in [-0.05, 0) is 70.6 Å². The van der Waals surface area contributed by atoms with Gasteiger partial charge in [0.25, 0.3) is 0 Å². The summed E-state index contributed by atoms with van der Waals surface area (Å²) in [5.74, 6) is -0.0727. The van der Waals surface area contributed by atoms with Gasteiger partial charge in [-0.3, -0.25) is 14.5 Å². The van der Waals surface area contributed by atoms with Gasteiger partial charge in [0.1, 0.15) is 0 Å². The molecule has 0 amide bonds. The van der Waals surface area contributed by atoms with Crippen LogP contribution in [0.3, 0.4) is 0 Å². The predicted molar refractivity (Wildman–Crippen MR) is 230 cm³/mol. The Hall–Kier alpha value is -1.22. The molecule has 3 unspecified atom stereocenters. The molecule has 8 heteroatoms. The average Bonchev–Trinajstić information content (AvgIpc) is 3.17. The third kappa shape index (κ3) is 34.5. The van der Waals surface area contributed by atoms with Gasteiger partial charge in [-0.25, -0.2) is 0 Å². The summed E-state index contributed by atoms with van der Waals surface area (Å²) in [7, 11) is 0. The molecule has 0 aromatic heterocycles. The van der Waals surface area contributed by atoms with Gasteiger partial charge in [-0.2, -0.15) is 0 Å². The lowest BCUT2D eigenvalue weighted by molar-refractivity contribution is -0.150. The van der Waals surface area contributed by atoms with Gasteiger partial charge in [0.15, 0.2) is 0 Å². The molecule has 8 nitrogen and oxygen atoms in total. The minimum atomic E-state index is -0.550. The summed E-state index contributed by atoms with van der Waals surface area (Å²) in [6.45, 7) is 11.2. The number of esters is 2. The minimum absolute atomic E-state index is 0.00679. The molecule has 0 aromatic rings. The topological polar surface area (TPSA) is 117 Å². The van der Waals surface area contributed by atoms with Crippen molar-refractivity contribution in [2.24, 2.45) is 11.8 Å². The molecule has 55 heavy (non-hydrogen) atoms. The fourth-order valence-electron chi connectivity index (χ4n) is 7.61. The van der Waals surface area contributed by atoms with E-state index in [1.165, 1.54) is 103 Å². The van der Waals surface area contributed by atoms with Gasteiger partial charge in [-0.1, -0.05) is 156 Å². The van der Waals surface area contributed by atoms with E-state index >= 15 is 0 Å². The number of carbonyl (C=O) groups excluding carboxylic acids is 2. The molecule has 0 aliphatic rings. The number of hydrogen-bond donors (Lipinski definition) is 3. The van der Waals surface area contributed by atoms with Crippen LogP contribution in [-0.4, -0.2) is 83.8 Å². The molecule has 328 valence electrons. The summed E-state index contributed by atoms with van der Waals surface area (Å²) < 4.78 is 11.5. The molecule has 0 saturated carbocycles. The maximum Gasteiger partial charge on any atom is 0.308 e. The Kier molecular flexibility index (Phi) is 40.0. The van der Waals surface area contributed by atoms with Crippen molar-refractivity contribution in [3.63, 3.8) is 0 Å². The first-order valence-electron chi connectivity index (χ1n) is 23.8. The molecule has 0 aromatic carbocycles. The molecule has 0 rings (SSSR count). The molecule has 0 aliphatic carbocycles. The molecular weight excluding hydrogens is 691 g/mol. The summed E-state index contributed by atoms with van der Waals surface area (Å²) in [6, 6.07) is 0. The van der Waals surface area contributed by atoms with Crippen LogP contribution < -0.4 is 0 Å². The van der Waals surface area contributed by atoms with Gasteiger partial charge in [-0.15, -0.1) is 0 Å². The summed E-state index contributed by atoms with van der Waals surface area (Å²) >= 11 is 0. The first-order chi connectivity index (χ1) is 26.8. The number of nitrogens with zero attached hydrogens (tertiary/aromatic N) is 1. The van der Waals surface area contributed by atoms with Crippen LogP contribution in [0.4, 0.5) is 0 Å². The fraction of sp³-hybridized carbons (Fsp3) is 0.957. The number of ether oxygens (including phenoxy) is 2. The van der Waals surface area contributed by atoms with Crippen molar-refractivity contribution in [2.75, 3.05) is 39.5 Å². The molecule has 0 radical (unpaired) electrons. The Morgan fingerprint density at radius 1 is 0.436 bits per heavy atom. The van der Waals surface area contributed by atoms with Crippen molar-refractivity contribution in [3.8, 4) is 0 Å². The summed E-state index contributed by atoms with van der Waals surface area (Å²) in [6.07, 6.45) is 31.5. The van der Waals surface area contributed by atoms with E-state index < -0.39 is 12.2 Å². The average molecular weight is 784 g/mol. The van der Waals surface area contributed by atoms with Gasteiger partial charge in [0.2, 0.25) is 0 Å². The maximum absolute atomic E-state index is 13.0. The second kappa shape index (κ2) is 41.0. The Morgan fingerprint density at radius 3 is 1.09 bits per heavy atom. The lowest BCUT2D eigenvalue weighted by Crippen LogP contribution is -2.39. The molecule has 3 N–H and O–H groups in total. The lowest BCUT2D eigenvalue weighted by atomic mass is 9.94. The second-order valence-electron chi connectivity index (χ2n) is 16.7. The third-order valence-electron chi connectivity index (χ3n) is 11.2. The van der Waals surface area contributed by atoms with Gasteiger partial charge in [0.05, 0.1) is 37.3 Å². The van der Waals surface area contributed by atoms with Crippen molar-refractivity contribution in [3.05, 3.63) is 0 Å². The summed E-state index contributed by atoms with van der Waals surface area (Å²) in [4.78, 5) is 28.0. The van der Waals surface area contributed by atoms with Crippen molar-refractivity contribution in [1.29, 1.82) is 0 Å². The van der Waals surface area contributed by atoms with E-state index in [1.54, 1.807) is 0 Å². The number of rotatable bonds is 43. The molecule has 0 spiro atoms. The standard InChI is InChI=1S/C47H93NO7/c1-5-9-13-17-19-23-32-42(30-21-15-11-7-3)46(52)54-38-27-25-34-44(50)40-48(36-29-37-49)41-45(51)35-26-28-39-55-47(53)43(31-22-16-12-8-4)33-24-20-18-14-10-6-2/h42-45,49-51H,5-41H2,1-4H3/t42?,43?,44-,45?/m0/s1. The van der Waals surface area contributed by atoms with E-state index in [4.69, 9.17) is 9.47 Å². The van der Waals surface area contributed by atoms with Crippen LogP contribution in [0.25, 0.3) is 0 Å². The smallest absolute Gasteiger partial charge is 0.308 e. The van der Waals surface area contributed by atoms with Crippen molar-refractivity contribution in [2.45, 2.75) is 239 Å². The van der Waals surface area contributed by atoms with E-state index in [0.29, 0.717) is 52.1 Å². The third-order valence-corrected chi connectivity index (χ3v) is 11.2. The van der Waals surface area contributed by atoms with E-state index in [1.807, 2.05) is 4.90 Å². The Balaban J connectivity index is 4.53. The zero-order valence-corrected chi connectivity index (χ0v) is 36.9. The number of unbranched alkanes of at least 4 members (excludes halogenated alkanes) is 18. The Bertz CT molecular complexity index is 765. The van der Waals surface area contributed by atoms with Crippen LogP contribution in [0.5, 0.6) is 0 Å². The highest BCUT2D eigenvalue weighted by molar-refractivity contribution is 5.72. The van der Waals surface area contributed by atoms with Crippen LogP contribution in [-0.2, 0) is 19.1 Å². The van der Waals surface area contributed by atoms with Crippen molar-refractivity contribution in [1.82, 2.24) is 4.90 Å². The van der Waals surface area contributed by atoms with Crippen LogP contribution in [0.1, 0.15) is 227 Å². The maximum atomic E-state index is 13.0. The van der Waals surface area contributed by atoms with Crippen LogP contribution in [0.2, 0.25) is 0 Å². The summed E-state index contributed by atoms with van der Waals surface area (Å²) in [5, 5.41) is 31.1. The Labute approximate surface area is 340 Å². The zero-order valence-electron chi connectivity index (χ0n) is 36.9. The zero-order chi connectivity index (χ0) is 40.6. The van der Waals surface area contributed by atoms with E-state index in [-0.39, 0.29) is 30.4 Å². The molecule has 0 saturated heterocycles. The molecule has 4 atom stereocenters. The SMILES string of the molecule is CCCCCCCCC(CCCCCC)C(=O)OCCCCC(O)CN(CCCO)C[C@@H](O)CCCCOC(=O)C(CCCCCC)CCCCCCCC. The monoisotopic (exact) mass is 784 g/mol. The van der Waals surface area contributed by atoms with Gasteiger partial charge in [0, 0.05) is 26.2 Å². The van der Waals surface area contributed by atoms with Crippen LogP contribution >= 0.6 is 0 Å². The lowest BCUT2D eigenvalue weighted by Gasteiger charge is -2.27. The largest absolute Gasteiger partial charge is 0.465 e. The quantitative estimate of drug-likeness (QED) is 0.0413. The normalized spacial score (nSPS) is 13.9. The van der Waals surface area contributed by atoms with E-state index in [0.717, 1.165) is 77.0 Å². The van der Waals surface area contributed by atoms with Crippen LogP contribution in [0.15, 0.2) is 0 Å². The van der Waals surface area contributed by atoms with Gasteiger partial charge < -0.3 is 24.8 Å².